The van der Waals surface area contributed by atoms with Crippen molar-refractivity contribution in [1.82, 2.24) is 14.5 Å². The molecule has 0 unspecified atom stereocenters. The molecule has 0 radical (unpaired) electrons. The van der Waals surface area contributed by atoms with E-state index in [1.807, 2.05) is 65.2 Å². The molecule has 2 heterocycles. The van der Waals surface area contributed by atoms with E-state index in [0.717, 1.165) is 39.1 Å². The van der Waals surface area contributed by atoms with Crippen LogP contribution in [0, 0.1) is 0 Å². The molecular formula is C23H15N3O2. The maximum atomic E-state index is 11.2. The van der Waals surface area contributed by atoms with Gasteiger partial charge in [-0.05, 0) is 48.0 Å². The number of carboxylic acids is 1. The quantitative estimate of drug-likeness (QED) is 0.492. The fraction of sp³-hybridized carbons (Fsp3) is 0. The first kappa shape index (κ1) is 16.2. The minimum Gasteiger partial charge on any atom is -0.478 e. The lowest BCUT2D eigenvalue weighted by atomic mass is 10.1. The largest absolute Gasteiger partial charge is 0.478 e. The second-order valence-electron chi connectivity index (χ2n) is 6.50. The molecule has 5 aromatic rings. The topological polar surface area (TPSA) is 68.0 Å². The van der Waals surface area contributed by atoms with Gasteiger partial charge in [-0.3, -0.25) is 4.57 Å². The molecule has 0 fully saturated rings. The minimum absolute atomic E-state index is 0.248. The summed E-state index contributed by atoms with van der Waals surface area (Å²) in [7, 11) is 0. The zero-order chi connectivity index (χ0) is 19.1. The Morgan fingerprint density at radius 3 is 2.07 bits per heavy atom. The molecule has 1 N–H and O–H groups in total. The van der Waals surface area contributed by atoms with Crippen molar-refractivity contribution in [2.24, 2.45) is 0 Å². The highest BCUT2D eigenvalue weighted by Gasteiger charge is 2.16. The standard InChI is InChI=1S/C23H15N3O2/c27-23(28)16-10-12-17(13-11-16)26-21(15-6-2-1-3-7-15)14-20-22(26)25-19-9-5-4-8-18(19)24-20/h1-14H,(H,27,28). The van der Waals surface area contributed by atoms with Crippen LogP contribution in [0.4, 0.5) is 0 Å². The van der Waals surface area contributed by atoms with Crippen molar-refractivity contribution in [3.8, 4) is 16.9 Å². The van der Waals surface area contributed by atoms with Crippen LogP contribution in [0.2, 0.25) is 0 Å². The highest BCUT2D eigenvalue weighted by atomic mass is 16.4. The van der Waals surface area contributed by atoms with Crippen LogP contribution < -0.4 is 0 Å². The lowest BCUT2D eigenvalue weighted by Crippen LogP contribution is -2.01. The summed E-state index contributed by atoms with van der Waals surface area (Å²) >= 11 is 0. The number of aromatic nitrogens is 3. The summed E-state index contributed by atoms with van der Waals surface area (Å²) in [6.45, 7) is 0. The van der Waals surface area contributed by atoms with Gasteiger partial charge in [0.15, 0.2) is 5.65 Å². The Labute approximate surface area is 160 Å². The van der Waals surface area contributed by atoms with Crippen molar-refractivity contribution in [1.29, 1.82) is 0 Å². The second kappa shape index (κ2) is 6.32. The molecule has 0 aliphatic heterocycles. The van der Waals surface area contributed by atoms with Crippen molar-refractivity contribution in [3.05, 3.63) is 90.5 Å². The molecule has 0 saturated carbocycles. The van der Waals surface area contributed by atoms with Gasteiger partial charge in [-0.1, -0.05) is 42.5 Å². The SMILES string of the molecule is O=C(O)c1ccc(-n2c(-c3ccccc3)cc3nc4ccccc4nc32)cc1. The monoisotopic (exact) mass is 365 g/mol. The van der Waals surface area contributed by atoms with Crippen LogP contribution in [0.5, 0.6) is 0 Å². The molecule has 0 spiro atoms. The maximum absolute atomic E-state index is 11.2. The van der Waals surface area contributed by atoms with Crippen LogP contribution in [0.15, 0.2) is 84.9 Å². The molecule has 5 nitrogen and oxygen atoms in total. The van der Waals surface area contributed by atoms with E-state index in [1.54, 1.807) is 24.3 Å². The van der Waals surface area contributed by atoms with E-state index in [-0.39, 0.29) is 5.56 Å². The summed E-state index contributed by atoms with van der Waals surface area (Å²) in [5.41, 5.74) is 6.26. The maximum Gasteiger partial charge on any atom is 0.335 e. The molecule has 0 atom stereocenters. The van der Waals surface area contributed by atoms with E-state index in [9.17, 15) is 9.90 Å². The first-order valence-electron chi connectivity index (χ1n) is 8.88. The second-order valence-corrected chi connectivity index (χ2v) is 6.50. The fourth-order valence-corrected chi connectivity index (χ4v) is 3.41. The van der Waals surface area contributed by atoms with Gasteiger partial charge in [0.1, 0.15) is 5.52 Å². The molecule has 2 aromatic heterocycles. The van der Waals surface area contributed by atoms with E-state index < -0.39 is 5.97 Å². The summed E-state index contributed by atoms with van der Waals surface area (Å²) in [6, 6.07) is 26.6. The van der Waals surface area contributed by atoms with E-state index in [0.29, 0.717) is 0 Å². The van der Waals surface area contributed by atoms with Crippen LogP contribution in [-0.2, 0) is 0 Å². The van der Waals surface area contributed by atoms with Gasteiger partial charge in [-0.25, -0.2) is 14.8 Å². The van der Waals surface area contributed by atoms with Crippen molar-refractivity contribution in [2.45, 2.75) is 0 Å². The predicted octanol–water partition coefficient (Wildman–Crippen LogP) is 4.94. The number of nitrogens with zero attached hydrogens (tertiary/aromatic N) is 3. The molecule has 134 valence electrons. The number of para-hydroxylation sites is 2. The third-order valence-electron chi connectivity index (χ3n) is 4.75. The lowest BCUT2D eigenvalue weighted by molar-refractivity contribution is 0.0697. The molecule has 5 heteroatoms. The Balaban J connectivity index is 1.83. The van der Waals surface area contributed by atoms with Crippen LogP contribution >= 0.6 is 0 Å². The van der Waals surface area contributed by atoms with Crippen molar-refractivity contribution >= 4 is 28.2 Å². The highest BCUT2D eigenvalue weighted by molar-refractivity contribution is 5.91. The molecular weight excluding hydrogens is 350 g/mol. The lowest BCUT2D eigenvalue weighted by Gasteiger charge is -2.11. The smallest absolute Gasteiger partial charge is 0.335 e. The van der Waals surface area contributed by atoms with E-state index in [2.05, 4.69) is 0 Å². The minimum atomic E-state index is -0.946. The molecule has 0 aliphatic rings. The van der Waals surface area contributed by atoms with Crippen LogP contribution in [-0.4, -0.2) is 25.6 Å². The van der Waals surface area contributed by atoms with Gasteiger partial charge in [0.05, 0.1) is 22.3 Å². The number of carboxylic acid groups (broad SMARTS) is 1. The molecule has 28 heavy (non-hydrogen) atoms. The van der Waals surface area contributed by atoms with Gasteiger partial charge >= 0.3 is 5.97 Å². The average molecular weight is 365 g/mol. The van der Waals surface area contributed by atoms with Crippen LogP contribution in [0.1, 0.15) is 10.4 Å². The first-order valence-corrected chi connectivity index (χ1v) is 8.88. The zero-order valence-corrected chi connectivity index (χ0v) is 14.8. The van der Waals surface area contributed by atoms with Gasteiger partial charge in [-0.15, -0.1) is 0 Å². The van der Waals surface area contributed by atoms with Crippen LogP contribution in [0.3, 0.4) is 0 Å². The Bertz CT molecular complexity index is 1320. The molecule has 0 saturated heterocycles. The first-order chi connectivity index (χ1) is 13.7. The number of hydrogen-bond acceptors (Lipinski definition) is 3. The number of hydrogen-bond donors (Lipinski definition) is 1. The Morgan fingerprint density at radius 1 is 0.750 bits per heavy atom. The van der Waals surface area contributed by atoms with Crippen LogP contribution in [0.25, 0.3) is 39.1 Å². The highest BCUT2D eigenvalue weighted by Crippen LogP contribution is 2.31. The van der Waals surface area contributed by atoms with E-state index >= 15 is 0 Å². The van der Waals surface area contributed by atoms with Crippen molar-refractivity contribution < 1.29 is 9.90 Å². The predicted molar refractivity (Wildman–Crippen MR) is 109 cm³/mol. The summed E-state index contributed by atoms with van der Waals surface area (Å²) in [5, 5.41) is 9.20. The summed E-state index contributed by atoms with van der Waals surface area (Å²) < 4.78 is 2.02. The third-order valence-corrected chi connectivity index (χ3v) is 4.75. The van der Waals surface area contributed by atoms with Gasteiger partial charge in [0.25, 0.3) is 0 Å². The fourth-order valence-electron chi connectivity index (χ4n) is 3.41. The molecule has 3 aromatic carbocycles. The molecule has 0 bridgehead atoms. The Hall–Kier alpha value is -3.99. The zero-order valence-electron chi connectivity index (χ0n) is 14.8. The van der Waals surface area contributed by atoms with Gasteiger partial charge < -0.3 is 5.11 Å². The van der Waals surface area contributed by atoms with Gasteiger partial charge in [0.2, 0.25) is 0 Å². The van der Waals surface area contributed by atoms with Crippen molar-refractivity contribution in [2.75, 3.05) is 0 Å². The normalized spacial score (nSPS) is 11.1. The Kier molecular flexibility index (Phi) is 3.66. The summed E-state index contributed by atoms with van der Waals surface area (Å²) in [4.78, 5) is 20.8. The Morgan fingerprint density at radius 2 is 1.39 bits per heavy atom. The number of benzene rings is 3. The number of fused-ring (bicyclic) bond motifs is 2. The average Bonchev–Trinajstić information content (AvgIpc) is 3.11. The van der Waals surface area contributed by atoms with Gasteiger partial charge in [0, 0.05) is 5.69 Å². The number of aromatic carboxylic acids is 1. The molecule has 0 amide bonds. The number of rotatable bonds is 3. The summed E-state index contributed by atoms with van der Waals surface area (Å²) in [5.74, 6) is -0.946. The molecule has 5 rings (SSSR count). The van der Waals surface area contributed by atoms with E-state index in [4.69, 9.17) is 9.97 Å². The number of carbonyl (C=O) groups is 1. The van der Waals surface area contributed by atoms with Crippen molar-refractivity contribution in [3.63, 3.8) is 0 Å². The summed E-state index contributed by atoms with van der Waals surface area (Å²) in [6.07, 6.45) is 0. The van der Waals surface area contributed by atoms with Gasteiger partial charge in [-0.2, -0.15) is 0 Å². The van der Waals surface area contributed by atoms with E-state index in [1.165, 1.54) is 0 Å². The molecule has 0 aliphatic carbocycles. The third kappa shape index (κ3) is 2.61.